The molecule has 0 saturated carbocycles. The van der Waals surface area contributed by atoms with Gasteiger partial charge < -0.3 is 14.6 Å². The molecular weight excluding hydrogens is 270 g/mol. The molecule has 0 aliphatic carbocycles. The van der Waals surface area contributed by atoms with Crippen LogP contribution >= 0.6 is 0 Å². The van der Waals surface area contributed by atoms with E-state index in [1.165, 1.54) is 0 Å². The highest BCUT2D eigenvalue weighted by atomic mass is 16.6. The second-order valence-electron chi connectivity index (χ2n) is 5.85. The van der Waals surface area contributed by atoms with Crippen molar-refractivity contribution in [1.29, 1.82) is 0 Å². The van der Waals surface area contributed by atoms with Crippen LogP contribution < -0.4 is 4.90 Å². The molecule has 5 nitrogen and oxygen atoms in total. The first-order valence-electron chi connectivity index (χ1n) is 7.23. The van der Waals surface area contributed by atoms with Crippen molar-refractivity contribution in [2.45, 2.75) is 32.9 Å². The average molecular weight is 296 g/mol. The molecule has 0 aliphatic rings. The van der Waals surface area contributed by atoms with Gasteiger partial charge in [0.2, 0.25) is 0 Å². The summed E-state index contributed by atoms with van der Waals surface area (Å²) in [7, 11) is 0. The molecule has 21 heavy (non-hydrogen) atoms. The SMILES string of the molecule is CC(C)(C)OC(=O)[NH+](CCOCCO)Cc1ccccc1. The van der Waals surface area contributed by atoms with Gasteiger partial charge in [0.1, 0.15) is 18.7 Å². The van der Waals surface area contributed by atoms with Gasteiger partial charge in [-0.05, 0) is 20.8 Å². The number of ether oxygens (including phenoxy) is 2. The van der Waals surface area contributed by atoms with Gasteiger partial charge in [0.15, 0.2) is 0 Å². The van der Waals surface area contributed by atoms with Crippen molar-refractivity contribution in [2.75, 3.05) is 26.4 Å². The average Bonchev–Trinajstić information content (AvgIpc) is 2.41. The Morgan fingerprint density at radius 1 is 1.19 bits per heavy atom. The van der Waals surface area contributed by atoms with Crippen LogP contribution in [0.2, 0.25) is 0 Å². The lowest BCUT2D eigenvalue weighted by Gasteiger charge is -2.23. The van der Waals surface area contributed by atoms with Crippen molar-refractivity contribution >= 4 is 6.09 Å². The molecule has 1 aromatic rings. The molecule has 1 atom stereocenters. The van der Waals surface area contributed by atoms with E-state index in [4.69, 9.17) is 14.6 Å². The van der Waals surface area contributed by atoms with E-state index in [1.54, 1.807) is 0 Å². The maximum atomic E-state index is 12.3. The number of hydrogen-bond acceptors (Lipinski definition) is 4. The van der Waals surface area contributed by atoms with Gasteiger partial charge in [0, 0.05) is 5.56 Å². The lowest BCUT2D eigenvalue weighted by molar-refractivity contribution is -0.840. The van der Waals surface area contributed by atoms with E-state index in [-0.39, 0.29) is 19.3 Å². The second kappa shape index (κ2) is 8.77. The monoisotopic (exact) mass is 296 g/mol. The topological polar surface area (TPSA) is 60.2 Å². The van der Waals surface area contributed by atoms with Gasteiger partial charge in [-0.15, -0.1) is 0 Å². The minimum Gasteiger partial charge on any atom is -0.414 e. The molecule has 0 saturated heterocycles. The Balaban J connectivity index is 2.62. The smallest absolute Gasteiger partial charge is 0.414 e. The van der Waals surface area contributed by atoms with Crippen molar-refractivity contribution in [1.82, 2.24) is 0 Å². The molecule has 0 aromatic heterocycles. The van der Waals surface area contributed by atoms with Crippen LogP contribution in [0.15, 0.2) is 30.3 Å². The minimum absolute atomic E-state index is 0.0134. The van der Waals surface area contributed by atoms with Gasteiger partial charge in [0.25, 0.3) is 0 Å². The van der Waals surface area contributed by atoms with Crippen LogP contribution in [-0.4, -0.2) is 43.2 Å². The predicted molar refractivity (Wildman–Crippen MR) is 80.1 cm³/mol. The first kappa shape index (κ1) is 17.6. The van der Waals surface area contributed by atoms with Gasteiger partial charge in [-0.1, -0.05) is 30.3 Å². The Hall–Kier alpha value is -1.43. The minimum atomic E-state index is -0.509. The van der Waals surface area contributed by atoms with Crippen LogP contribution in [0.3, 0.4) is 0 Å². The van der Waals surface area contributed by atoms with Crippen LogP contribution in [0.1, 0.15) is 26.3 Å². The van der Waals surface area contributed by atoms with E-state index in [9.17, 15) is 4.79 Å². The van der Waals surface area contributed by atoms with Crippen molar-refractivity contribution < 1.29 is 24.3 Å². The van der Waals surface area contributed by atoms with E-state index in [2.05, 4.69) is 0 Å². The largest absolute Gasteiger partial charge is 0.515 e. The predicted octanol–water partition coefficient (Wildman–Crippen LogP) is 1.02. The highest BCUT2D eigenvalue weighted by molar-refractivity contribution is 5.57. The Bertz CT molecular complexity index is 414. The Morgan fingerprint density at radius 2 is 1.86 bits per heavy atom. The molecule has 0 aliphatic heterocycles. The molecule has 1 aromatic carbocycles. The summed E-state index contributed by atoms with van der Waals surface area (Å²) in [6, 6.07) is 9.81. The molecule has 1 unspecified atom stereocenters. The fraction of sp³-hybridized carbons (Fsp3) is 0.562. The van der Waals surface area contributed by atoms with Crippen LogP contribution in [0.4, 0.5) is 4.79 Å². The Morgan fingerprint density at radius 3 is 2.43 bits per heavy atom. The number of amides is 1. The second-order valence-corrected chi connectivity index (χ2v) is 5.85. The third kappa shape index (κ3) is 7.80. The van der Waals surface area contributed by atoms with Crippen LogP contribution in [-0.2, 0) is 16.0 Å². The zero-order chi connectivity index (χ0) is 15.7. The molecule has 0 radical (unpaired) electrons. The zero-order valence-corrected chi connectivity index (χ0v) is 13.1. The lowest BCUT2D eigenvalue weighted by atomic mass is 10.2. The Labute approximate surface area is 126 Å². The summed E-state index contributed by atoms with van der Waals surface area (Å²) in [6.45, 7) is 7.30. The fourth-order valence-electron chi connectivity index (χ4n) is 1.82. The molecule has 0 bridgehead atoms. The van der Waals surface area contributed by atoms with E-state index in [0.29, 0.717) is 24.6 Å². The summed E-state index contributed by atoms with van der Waals surface area (Å²) in [6.07, 6.45) is -0.279. The van der Waals surface area contributed by atoms with Crippen molar-refractivity contribution in [3.8, 4) is 0 Å². The normalized spacial score (nSPS) is 13.0. The number of carbonyl (C=O) groups is 1. The third-order valence-corrected chi connectivity index (χ3v) is 2.73. The fourth-order valence-corrected chi connectivity index (χ4v) is 1.82. The maximum Gasteiger partial charge on any atom is 0.515 e. The summed E-state index contributed by atoms with van der Waals surface area (Å²) >= 11 is 0. The van der Waals surface area contributed by atoms with E-state index >= 15 is 0 Å². The molecule has 0 fully saturated rings. The number of quaternary nitrogens is 1. The maximum absolute atomic E-state index is 12.3. The van der Waals surface area contributed by atoms with Crippen molar-refractivity contribution in [3.05, 3.63) is 35.9 Å². The van der Waals surface area contributed by atoms with Crippen LogP contribution in [0.5, 0.6) is 0 Å². The van der Waals surface area contributed by atoms with Gasteiger partial charge in [-0.25, -0.2) is 4.90 Å². The molecule has 0 heterocycles. The van der Waals surface area contributed by atoms with Crippen molar-refractivity contribution in [3.63, 3.8) is 0 Å². The summed E-state index contributed by atoms with van der Waals surface area (Å²) in [5.74, 6) is 0. The molecule has 5 heteroatoms. The van der Waals surface area contributed by atoms with Crippen LogP contribution in [0, 0.1) is 0 Å². The van der Waals surface area contributed by atoms with Gasteiger partial charge >= 0.3 is 6.09 Å². The molecule has 0 spiro atoms. The van der Waals surface area contributed by atoms with Crippen LogP contribution in [0.25, 0.3) is 0 Å². The number of hydrogen-bond donors (Lipinski definition) is 2. The van der Waals surface area contributed by atoms with Gasteiger partial charge in [0.05, 0.1) is 19.8 Å². The van der Waals surface area contributed by atoms with E-state index in [1.807, 2.05) is 51.1 Å². The molecule has 2 N–H and O–H groups in total. The van der Waals surface area contributed by atoms with Crippen molar-refractivity contribution in [2.24, 2.45) is 0 Å². The zero-order valence-electron chi connectivity index (χ0n) is 13.1. The standard InChI is InChI=1S/C16H25NO4/c1-16(2,3)21-15(19)17(9-11-20-12-10-18)13-14-7-5-4-6-8-14/h4-8,18H,9-13H2,1-3H3/p+1. The summed E-state index contributed by atoms with van der Waals surface area (Å²) < 4.78 is 10.7. The molecule has 1 rings (SSSR count). The number of carbonyl (C=O) groups excluding carboxylic acids is 1. The quantitative estimate of drug-likeness (QED) is 0.738. The summed E-state index contributed by atoms with van der Waals surface area (Å²) in [5, 5.41) is 8.71. The first-order valence-corrected chi connectivity index (χ1v) is 7.23. The van der Waals surface area contributed by atoms with Gasteiger partial charge in [-0.3, -0.25) is 0 Å². The summed E-state index contributed by atoms with van der Waals surface area (Å²) in [5.41, 5.74) is 0.561. The summed E-state index contributed by atoms with van der Waals surface area (Å²) in [4.78, 5) is 13.0. The highest BCUT2D eigenvalue weighted by Gasteiger charge is 2.27. The van der Waals surface area contributed by atoms with Gasteiger partial charge in [-0.2, -0.15) is 4.79 Å². The first-order chi connectivity index (χ1) is 9.92. The third-order valence-electron chi connectivity index (χ3n) is 2.73. The number of benzene rings is 1. The van der Waals surface area contributed by atoms with E-state index in [0.717, 1.165) is 5.56 Å². The molecular formula is C16H26NO4+. The Kier molecular flexibility index (Phi) is 7.36. The molecule has 118 valence electrons. The number of rotatable bonds is 7. The highest BCUT2D eigenvalue weighted by Crippen LogP contribution is 2.05. The number of aliphatic hydroxyl groups is 1. The number of nitrogens with one attached hydrogen (secondary N) is 1. The number of aliphatic hydroxyl groups excluding tert-OH is 1. The molecule has 1 amide bonds. The number of alkyl carbamates (subject to hydrolysis) is 2. The lowest BCUT2D eigenvalue weighted by Crippen LogP contribution is -3.14. The van der Waals surface area contributed by atoms with E-state index < -0.39 is 5.60 Å².